The molecule has 1 N–H and O–H groups in total. The molecule has 2 aromatic heterocycles. The third kappa shape index (κ3) is 3.96. The summed E-state index contributed by atoms with van der Waals surface area (Å²) in [6.07, 6.45) is 8.08. The quantitative estimate of drug-likeness (QED) is 0.861. The molecule has 2 unspecified atom stereocenters. The van der Waals surface area contributed by atoms with E-state index in [2.05, 4.69) is 40.3 Å². The van der Waals surface area contributed by atoms with Crippen molar-refractivity contribution in [3.8, 4) is 0 Å². The van der Waals surface area contributed by atoms with Crippen LogP contribution in [-0.2, 0) is 17.6 Å². The maximum atomic E-state index is 5.77. The minimum absolute atomic E-state index is 0.272. The van der Waals surface area contributed by atoms with Crippen molar-refractivity contribution in [1.82, 2.24) is 15.0 Å². The normalized spacial score (nSPS) is 22.7. The van der Waals surface area contributed by atoms with Crippen LogP contribution in [0, 0.1) is 5.92 Å². The van der Waals surface area contributed by atoms with E-state index in [4.69, 9.17) is 14.7 Å². The van der Waals surface area contributed by atoms with E-state index in [0.717, 1.165) is 56.6 Å². The Morgan fingerprint density at radius 3 is 2.73 bits per heavy atom. The van der Waals surface area contributed by atoms with Gasteiger partial charge in [0, 0.05) is 43.2 Å². The first-order valence-electron chi connectivity index (χ1n) is 9.68. The monoisotopic (exact) mass is 353 g/mol. The predicted octanol–water partition coefficient (Wildman–Crippen LogP) is 2.70. The van der Waals surface area contributed by atoms with Gasteiger partial charge in [0.25, 0.3) is 0 Å². The number of pyridine rings is 1. The first-order valence-corrected chi connectivity index (χ1v) is 9.68. The van der Waals surface area contributed by atoms with Crippen molar-refractivity contribution in [2.24, 2.45) is 5.92 Å². The maximum Gasteiger partial charge on any atom is 0.227 e. The molecular formula is C20H27N5O. The first kappa shape index (κ1) is 17.2. The number of ether oxygens (including phenoxy) is 1. The number of hydrogen-bond acceptors (Lipinski definition) is 6. The second-order valence-corrected chi connectivity index (χ2v) is 7.20. The minimum Gasteiger partial charge on any atom is -0.379 e. The van der Waals surface area contributed by atoms with E-state index >= 15 is 0 Å². The molecule has 4 rings (SSSR count). The fraction of sp³-hybridized carbons (Fsp3) is 0.550. The summed E-state index contributed by atoms with van der Waals surface area (Å²) in [5.74, 6) is 2.23. The smallest absolute Gasteiger partial charge is 0.227 e. The van der Waals surface area contributed by atoms with Gasteiger partial charge >= 0.3 is 0 Å². The van der Waals surface area contributed by atoms with Gasteiger partial charge in [0.2, 0.25) is 5.95 Å². The molecule has 0 amide bonds. The van der Waals surface area contributed by atoms with Gasteiger partial charge in [0.05, 0.1) is 19.3 Å². The van der Waals surface area contributed by atoms with Crippen molar-refractivity contribution in [2.75, 3.05) is 36.5 Å². The highest BCUT2D eigenvalue weighted by Gasteiger charge is 2.29. The van der Waals surface area contributed by atoms with Crippen LogP contribution in [0.15, 0.2) is 30.6 Å². The minimum atomic E-state index is 0.272. The lowest BCUT2D eigenvalue weighted by molar-refractivity contribution is 0.185. The van der Waals surface area contributed by atoms with Crippen molar-refractivity contribution in [3.63, 3.8) is 0 Å². The zero-order valence-electron chi connectivity index (χ0n) is 15.4. The van der Waals surface area contributed by atoms with Gasteiger partial charge in [-0.05, 0) is 43.4 Å². The lowest BCUT2D eigenvalue weighted by atomic mass is 9.95. The molecule has 2 atom stereocenters. The van der Waals surface area contributed by atoms with Crippen LogP contribution in [-0.4, -0.2) is 47.3 Å². The third-order valence-electron chi connectivity index (χ3n) is 5.30. The number of nitrogens with zero attached hydrogens (tertiary/aromatic N) is 4. The Morgan fingerprint density at radius 2 is 1.96 bits per heavy atom. The SMILES string of the molecule is CCc1cc(NC2COCC2Cc2ccncc2)nc(N2CCCC2)n1. The Morgan fingerprint density at radius 1 is 1.15 bits per heavy atom. The lowest BCUT2D eigenvalue weighted by Gasteiger charge is -2.22. The topological polar surface area (TPSA) is 63.2 Å². The van der Waals surface area contributed by atoms with Crippen molar-refractivity contribution in [1.29, 1.82) is 0 Å². The average Bonchev–Trinajstić information content (AvgIpc) is 3.35. The zero-order valence-corrected chi connectivity index (χ0v) is 15.4. The highest BCUT2D eigenvalue weighted by molar-refractivity contribution is 5.45. The summed E-state index contributed by atoms with van der Waals surface area (Å²) in [4.78, 5) is 15.9. The molecule has 138 valence electrons. The van der Waals surface area contributed by atoms with E-state index < -0.39 is 0 Å². The number of hydrogen-bond donors (Lipinski definition) is 1. The van der Waals surface area contributed by atoms with Crippen molar-refractivity contribution >= 4 is 11.8 Å². The Hall–Kier alpha value is -2.21. The van der Waals surface area contributed by atoms with Gasteiger partial charge in [-0.15, -0.1) is 0 Å². The van der Waals surface area contributed by atoms with Crippen LogP contribution in [0.2, 0.25) is 0 Å². The van der Waals surface area contributed by atoms with E-state index in [0.29, 0.717) is 5.92 Å². The highest BCUT2D eigenvalue weighted by Crippen LogP contribution is 2.24. The highest BCUT2D eigenvalue weighted by atomic mass is 16.5. The molecule has 2 saturated heterocycles. The second-order valence-electron chi connectivity index (χ2n) is 7.20. The van der Waals surface area contributed by atoms with Crippen molar-refractivity contribution in [3.05, 3.63) is 41.9 Å². The molecule has 2 fully saturated rings. The Balaban J connectivity index is 1.49. The standard InChI is InChI=1S/C20H27N5O/c1-2-17-12-19(24-20(22-17)25-9-3-4-10-25)23-18-14-26-13-16(18)11-15-5-7-21-8-6-15/h5-8,12,16,18H,2-4,9-11,13-14H2,1H3,(H,22,23,24). The number of anilines is 2. The van der Waals surface area contributed by atoms with Gasteiger partial charge in [0.1, 0.15) is 5.82 Å². The lowest BCUT2D eigenvalue weighted by Crippen LogP contribution is -2.30. The van der Waals surface area contributed by atoms with E-state index in [1.54, 1.807) is 0 Å². The molecule has 26 heavy (non-hydrogen) atoms. The molecule has 0 aliphatic carbocycles. The van der Waals surface area contributed by atoms with Crippen molar-refractivity contribution in [2.45, 2.75) is 38.6 Å². The van der Waals surface area contributed by atoms with E-state index in [9.17, 15) is 0 Å². The average molecular weight is 353 g/mol. The summed E-state index contributed by atoms with van der Waals surface area (Å²) < 4.78 is 5.77. The molecule has 4 heterocycles. The second kappa shape index (κ2) is 7.99. The van der Waals surface area contributed by atoms with Gasteiger partial charge in [-0.25, -0.2) is 4.98 Å². The van der Waals surface area contributed by atoms with Crippen LogP contribution in [0.3, 0.4) is 0 Å². The molecule has 6 nitrogen and oxygen atoms in total. The largest absolute Gasteiger partial charge is 0.379 e. The number of aromatic nitrogens is 3. The predicted molar refractivity (Wildman–Crippen MR) is 103 cm³/mol. The van der Waals surface area contributed by atoms with Crippen LogP contribution in [0.25, 0.3) is 0 Å². The van der Waals surface area contributed by atoms with Gasteiger partial charge in [-0.3, -0.25) is 4.98 Å². The number of aryl methyl sites for hydroxylation is 1. The number of rotatable bonds is 6. The molecule has 6 heteroatoms. The number of nitrogens with one attached hydrogen (secondary N) is 1. The summed E-state index contributed by atoms with van der Waals surface area (Å²) >= 11 is 0. The zero-order chi connectivity index (χ0) is 17.8. The summed E-state index contributed by atoms with van der Waals surface area (Å²) in [5, 5.41) is 3.63. The van der Waals surface area contributed by atoms with E-state index in [-0.39, 0.29) is 6.04 Å². The molecule has 0 saturated carbocycles. The summed E-state index contributed by atoms with van der Waals surface area (Å²) in [6.45, 7) is 5.77. The Bertz CT molecular complexity index is 717. The Kier molecular flexibility index (Phi) is 5.29. The van der Waals surface area contributed by atoms with Gasteiger partial charge in [0.15, 0.2) is 0 Å². The third-order valence-corrected chi connectivity index (χ3v) is 5.30. The van der Waals surface area contributed by atoms with Crippen LogP contribution < -0.4 is 10.2 Å². The molecule has 2 aliphatic heterocycles. The van der Waals surface area contributed by atoms with Crippen LogP contribution in [0.5, 0.6) is 0 Å². The van der Waals surface area contributed by atoms with Gasteiger partial charge in [-0.1, -0.05) is 6.92 Å². The molecule has 2 aromatic rings. The molecule has 0 radical (unpaired) electrons. The van der Waals surface area contributed by atoms with Crippen LogP contribution in [0.1, 0.15) is 31.0 Å². The maximum absolute atomic E-state index is 5.77. The van der Waals surface area contributed by atoms with Gasteiger partial charge in [-0.2, -0.15) is 4.98 Å². The summed E-state index contributed by atoms with van der Waals surface area (Å²) in [7, 11) is 0. The van der Waals surface area contributed by atoms with Crippen molar-refractivity contribution < 1.29 is 4.74 Å². The van der Waals surface area contributed by atoms with Crippen LogP contribution >= 0.6 is 0 Å². The Labute approximate surface area is 155 Å². The fourth-order valence-corrected chi connectivity index (χ4v) is 3.77. The van der Waals surface area contributed by atoms with E-state index in [1.165, 1.54) is 18.4 Å². The van der Waals surface area contributed by atoms with E-state index in [1.807, 2.05) is 12.4 Å². The summed E-state index contributed by atoms with van der Waals surface area (Å²) in [6, 6.07) is 6.53. The van der Waals surface area contributed by atoms with Gasteiger partial charge < -0.3 is 15.0 Å². The molecule has 0 aromatic carbocycles. The molecular weight excluding hydrogens is 326 g/mol. The first-order chi connectivity index (χ1) is 12.8. The molecule has 2 aliphatic rings. The summed E-state index contributed by atoms with van der Waals surface area (Å²) in [5.41, 5.74) is 2.39. The fourth-order valence-electron chi connectivity index (χ4n) is 3.77. The van der Waals surface area contributed by atoms with Crippen LogP contribution in [0.4, 0.5) is 11.8 Å². The molecule has 0 bridgehead atoms. The molecule has 0 spiro atoms.